The first-order valence-corrected chi connectivity index (χ1v) is 12.9. The minimum absolute atomic E-state index is 0.0538. The van der Waals surface area contributed by atoms with Crippen molar-refractivity contribution in [2.24, 2.45) is 0 Å². The van der Waals surface area contributed by atoms with Crippen molar-refractivity contribution in [3.63, 3.8) is 0 Å². The van der Waals surface area contributed by atoms with Gasteiger partial charge in [0, 0.05) is 48.2 Å². The summed E-state index contributed by atoms with van der Waals surface area (Å²) in [6, 6.07) is 7.36. The number of ether oxygens (including phenoxy) is 3. The van der Waals surface area contributed by atoms with Crippen LogP contribution in [-0.4, -0.2) is 63.3 Å². The molecule has 0 spiro atoms. The van der Waals surface area contributed by atoms with Gasteiger partial charge in [-0.25, -0.2) is 0 Å². The van der Waals surface area contributed by atoms with Gasteiger partial charge in [0.2, 0.25) is 0 Å². The smallest absolute Gasteiger partial charge is 0.254 e. The Morgan fingerprint density at radius 1 is 1.13 bits per heavy atom. The van der Waals surface area contributed by atoms with Crippen LogP contribution >= 0.6 is 0 Å². The molecule has 0 unspecified atom stereocenters. The van der Waals surface area contributed by atoms with Crippen molar-refractivity contribution in [3.05, 3.63) is 47.2 Å². The molecule has 38 heavy (non-hydrogen) atoms. The van der Waals surface area contributed by atoms with Crippen molar-refractivity contribution in [1.82, 2.24) is 9.88 Å². The van der Waals surface area contributed by atoms with Crippen LogP contribution in [0.3, 0.4) is 0 Å². The molecule has 9 heteroatoms. The summed E-state index contributed by atoms with van der Waals surface area (Å²) >= 11 is 0. The topological polar surface area (TPSA) is 108 Å². The van der Waals surface area contributed by atoms with Crippen LogP contribution in [0.1, 0.15) is 54.0 Å². The van der Waals surface area contributed by atoms with Crippen molar-refractivity contribution < 1.29 is 23.8 Å². The Morgan fingerprint density at radius 3 is 2.45 bits per heavy atom. The van der Waals surface area contributed by atoms with Crippen LogP contribution in [-0.2, 0) is 16.7 Å². The zero-order valence-corrected chi connectivity index (χ0v) is 23.1. The number of ketones is 1. The van der Waals surface area contributed by atoms with Gasteiger partial charge in [0.1, 0.15) is 17.3 Å². The van der Waals surface area contributed by atoms with E-state index in [1.54, 1.807) is 30.9 Å². The number of methoxy groups -OCH3 is 1. The van der Waals surface area contributed by atoms with Crippen LogP contribution in [0.15, 0.2) is 30.5 Å². The van der Waals surface area contributed by atoms with E-state index in [1.165, 1.54) is 0 Å². The molecule has 0 bridgehead atoms. The zero-order valence-electron chi connectivity index (χ0n) is 23.1. The number of amides is 1. The summed E-state index contributed by atoms with van der Waals surface area (Å²) in [5.74, 6) is 1.34. The highest BCUT2D eigenvalue weighted by Gasteiger charge is 2.27. The summed E-state index contributed by atoms with van der Waals surface area (Å²) in [4.78, 5) is 28.4. The fourth-order valence-electron chi connectivity index (χ4n) is 4.87. The van der Waals surface area contributed by atoms with Gasteiger partial charge in [-0.1, -0.05) is 20.8 Å². The summed E-state index contributed by atoms with van der Waals surface area (Å²) < 4.78 is 18.8. The number of benzene rings is 2. The molecular formula is C29H38N4O5. The fourth-order valence-corrected chi connectivity index (χ4v) is 4.87. The Bertz CT molecular complexity index is 1350. The van der Waals surface area contributed by atoms with Crippen LogP contribution in [0, 0.1) is 0 Å². The third-order valence-corrected chi connectivity index (χ3v) is 6.87. The number of nitrogens with zero attached hydrogens (tertiary/aromatic N) is 2. The van der Waals surface area contributed by atoms with E-state index in [9.17, 15) is 9.59 Å². The maximum absolute atomic E-state index is 13.7. The maximum atomic E-state index is 13.7. The van der Waals surface area contributed by atoms with Crippen molar-refractivity contribution in [1.29, 1.82) is 0 Å². The lowest BCUT2D eigenvalue weighted by atomic mass is 9.84. The number of aromatic nitrogens is 1. The summed E-state index contributed by atoms with van der Waals surface area (Å²) in [7, 11) is 3.24. The van der Waals surface area contributed by atoms with Crippen molar-refractivity contribution in [2.75, 3.05) is 57.7 Å². The number of Topliss-reactive ketones (excluding diaryl/α,β-unsaturated/α-hetero) is 1. The molecule has 4 rings (SSSR count). The molecule has 3 N–H and O–H groups in total. The lowest BCUT2D eigenvalue weighted by Gasteiger charge is -2.33. The summed E-state index contributed by atoms with van der Waals surface area (Å²) in [5.41, 5.74) is 9.11. The Labute approximate surface area is 223 Å². The monoisotopic (exact) mass is 522 g/mol. The summed E-state index contributed by atoms with van der Waals surface area (Å²) in [6.07, 6.45) is 1.83. The molecule has 1 amide bonds. The van der Waals surface area contributed by atoms with Crippen LogP contribution in [0.25, 0.3) is 10.8 Å². The number of carbonyl (C=O) groups is 2. The van der Waals surface area contributed by atoms with Gasteiger partial charge in [-0.3, -0.25) is 9.59 Å². The third kappa shape index (κ3) is 5.29. The highest BCUT2D eigenvalue weighted by Crippen LogP contribution is 2.41. The van der Waals surface area contributed by atoms with Gasteiger partial charge >= 0.3 is 0 Å². The number of nitrogen functional groups attached to an aromatic ring is 1. The van der Waals surface area contributed by atoms with E-state index in [2.05, 4.69) is 31.0 Å². The molecule has 2 heterocycles. The van der Waals surface area contributed by atoms with E-state index in [0.29, 0.717) is 47.9 Å². The molecule has 0 aliphatic carbocycles. The lowest BCUT2D eigenvalue weighted by Crippen LogP contribution is -2.37. The number of hydrogen-bond acceptors (Lipinski definition) is 7. The van der Waals surface area contributed by atoms with Crippen LogP contribution in [0.5, 0.6) is 11.5 Å². The second-order valence-corrected chi connectivity index (χ2v) is 10.4. The number of nitrogens with one attached hydrogen (secondary N) is 1. The maximum Gasteiger partial charge on any atom is 0.254 e. The largest absolute Gasteiger partial charge is 0.494 e. The van der Waals surface area contributed by atoms with Gasteiger partial charge in [0.25, 0.3) is 5.91 Å². The Kier molecular flexibility index (Phi) is 7.87. The summed E-state index contributed by atoms with van der Waals surface area (Å²) in [6.45, 7) is 11.4. The quantitative estimate of drug-likeness (QED) is 0.431. The molecule has 0 atom stereocenters. The van der Waals surface area contributed by atoms with E-state index in [0.717, 1.165) is 35.5 Å². The molecule has 0 radical (unpaired) electrons. The minimum atomic E-state index is -0.262. The number of morpholine rings is 1. The number of carbonyl (C=O) groups excluding carboxylic acids is 2. The zero-order chi connectivity index (χ0) is 27.6. The number of rotatable bonds is 8. The minimum Gasteiger partial charge on any atom is -0.494 e. The van der Waals surface area contributed by atoms with E-state index >= 15 is 0 Å². The number of fused-ring (bicyclic) bond motifs is 1. The average Bonchev–Trinajstić information content (AvgIpc) is 3.20. The third-order valence-electron chi connectivity index (χ3n) is 6.87. The molecule has 204 valence electrons. The molecular weight excluding hydrogens is 484 g/mol. The second-order valence-electron chi connectivity index (χ2n) is 10.4. The summed E-state index contributed by atoms with van der Waals surface area (Å²) in [5, 5.41) is 4.13. The Balaban J connectivity index is 1.75. The Morgan fingerprint density at radius 2 is 1.84 bits per heavy atom. The van der Waals surface area contributed by atoms with Gasteiger partial charge < -0.3 is 34.7 Å². The normalized spacial score (nSPS) is 14.0. The first-order valence-electron chi connectivity index (χ1n) is 12.9. The predicted octanol–water partition coefficient (Wildman–Crippen LogP) is 4.01. The van der Waals surface area contributed by atoms with E-state index in [4.69, 9.17) is 19.9 Å². The average molecular weight is 523 g/mol. The lowest BCUT2D eigenvalue weighted by molar-refractivity contribution is 0.0955. The van der Waals surface area contributed by atoms with E-state index in [1.807, 2.05) is 25.3 Å². The van der Waals surface area contributed by atoms with E-state index in [-0.39, 0.29) is 23.7 Å². The molecule has 1 saturated heterocycles. The molecule has 1 fully saturated rings. The van der Waals surface area contributed by atoms with Crippen molar-refractivity contribution in [2.45, 2.75) is 39.7 Å². The standard InChI is InChI=1S/C29H38N4O5/c1-7-38-25-14-19-16-33(27(30)20(19)15-21(25)28(35)31-5)17-24(34)18-12-22(29(2,3)4)26(36-6)23(13-18)32-8-10-37-11-9-32/h12-16H,7-11,17,30H2,1-6H3,(H,31,35). The fraction of sp³-hybridized carbons (Fsp3) is 0.448. The van der Waals surface area contributed by atoms with Gasteiger partial charge in [0.15, 0.2) is 5.78 Å². The molecule has 0 saturated carbocycles. The van der Waals surface area contributed by atoms with Crippen molar-refractivity contribution in [3.8, 4) is 11.5 Å². The van der Waals surface area contributed by atoms with Crippen molar-refractivity contribution >= 4 is 34.0 Å². The first kappa shape index (κ1) is 27.3. The van der Waals surface area contributed by atoms with Gasteiger partial charge in [-0.15, -0.1) is 0 Å². The second kappa shape index (κ2) is 10.9. The van der Waals surface area contributed by atoms with Crippen LogP contribution in [0.4, 0.5) is 11.5 Å². The number of anilines is 2. The first-order chi connectivity index (χ1) is 18.1. The molecule has 9 nitrogen and oxygen atoms in total. The molecule has 1 aliphatic heterocycles. The molecule has 1 aromatic heterocycles. The van der Waals surface area contributed by atoms with Gasteiger partial charge in [0.05, 0.1) is 44.7 Å². The molecule has 2 aromatic carbocycles. The van der Waals surface area contributed by atoms with Gasteiger partial charge in [-0.2, -0.15) is 0 Å². The van der Waals surface area contributed by atoms with Gasteiger partial charge in [-0.05, 0) is 36.6 Å². The predicted molar refractivity (Wildman–Crippen MR) is 150 cm³/mol. The molecule has 3 aromatic rings. The number of nitrogens with two attached hydrogens (primary N) is 1. The highest BCUT2D eigenvalue weighted by molar-refractivity contribution is 6.05. The van der Waals surface area contributed by atoms with E-state index < -0.39 is 0 Å². The Hall–Kier alpha value is -3.72. The van der Waals surface area contributed by atoms with Crippen LogP contribution < -0.4 is 25.4 Å². The molecule has 1 aliphatic rings. The van der Waals surface area contributed by atoms with Crippen LogP contribution in [0.2, 0.25) is 0 Å². The highest BCUT2D eigenvalue weighted by atomic mass is 16.5. The SMILES string of the molecule is CCOc1cc2cn(CC(=O)c3cc(N4CCOCC4)c(OC)c(C(C)(C)C)c3)c(N)c2cc1C(=O)NC. The number of hydrogen-bond donors (Lipinski definition) is 2.